The van der Waals surface area contributed by atoms with Gasteiger partial charge in [0.1, 0.15) is 6.07 Å². The molecule has 0 unspecified atom stereocenters. The van der Waals surface area contributed by atoms with Crippen molar-refractivity contribution in [2.75, 3.05) is 11.9 Å². The third-order valence-electron chi connectivity index (χ3n) is 6.36. The van der Waals surface area contributed by atoms with Crippen molar-refractivity contribution in [3.05, 3.63) is 103 Å². The maximum atomic E-state index is 12.4. The first-order chi connectivity index (χ1) is 18.2. The van der Waals surface area contributed by atoms with E-state index >= 15 is 0 Å². The van der Waals surface area contributed by atoms with Gasteiger partial charge in [-0.15, -0.1) is 0 Å². The smallest absolute Gasteiger partial charge is 0.251 e. The molecule has 0 fully saturated rings. The number of fused-ring (bicyclic) bond motifs is 1. The Morgan fingerprint density at radius 2 is 1.81 bits per heavy atom. The predicted octanol–water partition coefficient (Wildman–Crippen LogP) is 7.04. The van der Waals surface area contributed by atoms with Crippen LogP contribution in [0.3, 0.4) is 0 Å². The number of nitrogens with zero attached hydrogens (tertiary/aromatic N) is 2. The molecule has 6 heteroatoms. The van der Waals surface area contributed by atoms with Gasteiger partial charge in [0.25, 0.3) is 5.91 Å². The quantitative estimate of drug-likeness (QED) is 0.205. The molecule has 182 valence electrons. The van der Waals surface area contributed by atoms with E-state index in [1.807, 2.05) is 72.9 Å². The van der Waals surface area contributed by atoms with Crippen LogP contribution in [0.5, 0.6) is 0 Å². The van der Waals surface area contributed by atoms with Gasteiger partial charge in [-0.05, 0) is 65.6 Å². The number of H-pyrrole nitrogens is 1. The van der Waals surface area contributed by atoms with Crippen LogP contribution in [0.1, 0.15) is 35.7 Å². The van der Waals surface area contributed by atoms with Crippen molar-refractivity contribution >= 4 is 28.2 Å². The summed E-state index contributed by atoms with van der Waals surface area (Å²) in [5.74, 6) is -0.0540. The van der Waals surface area contributed by atoms with Crippen LogP contribution in [0.15, 0.2) is 91.4 Å². The molecule has 0 atom stereocenters. The number of hydrogen-bond acceptors (Lipinski definition) is 4. The van der Waals surface area contributed by atoms with Crippen LogP contribution in [-0.4, -0.2) is 22.4 Å². The zero-order chi connectivity index (χ0) is 25.6. The summed E-state index contributed by atoms with van der Waals surface area (Å²) in [6.07, 6.45) is 7.28. The number of unbranched alkanes of at least 4 members (excludes halogenated alkanes) is 1. The van der Waals surface area contributed by atoms with Gasteiger partial charge in [-0.2, -0.15) is 5.26 Å². The Labute approximate surface area is 216 Å². The summed E-state index contributed by atoms with van der Waals surface area (Å²) in [6, 6.07) is 26.1. The number of pyridine rings is 1. The maximum absolute atomic E-state index is 12.4. The predicted molar refractivity (Wildman–Crippen MR) is 149 cm³/mol. The van der Waals surface area contributed by atoms with E-state index in [2.05, 4.69) is 39.7 Å². The zero-order valence-electron chi connectivity index (χ0n) is 20.6. The van der Waals surface area contributed by atoms with Crippen LogP contribution in [-0.2, 0) is 0 Å². The number of anilines is 2. The lowest BCUT2D eigenvalue weighted by atomic mass is 9.97. The number of hydrogen-bond donors (Lipinski definition) is 3. The molecule has 5 rings (SSSR count). The fourth-order valence-corrected chi connectivity index (χ4v) is 4.34. The third kappa shape index (κ3) is 5.21. The largest absolute Gasteiger partial charge is 0.361 e. The van der Waals surface area contributed by atoms with Crippen molar-refractivity contribution in [2.24, 2.45) is 0 Å². The lowest BCUT2D eigenvalue weighted by Gasteiger charge is -2.15. The van der Waals surface area contributed by atoms with Crippen molar-refractivity contribution in [2.45, 2.75) is 19.8 Å². The third-order valence-corrected chi connectivity index (χ3v) is 6.36. The Hall–Kier alpha value is -4.89. The monoisotopic (exact) mass is 485 g/mol. The Kier molecular flexibility index (Phi) is 6.95. The van der Waals surface area contributed by atoms with Gasteiger partial charge in [0.05, 0.1) is 11.3 Å². The van der Waals surface area contributed by atoms with Gasteiger partial charge in [-0.3, -0.25) is 9.78 Å². The number of carbonyl (C=O) groups is 1. The SMILES string of the molecule is CCCCNC(=O)c1ccc(-c2cccc(-c3cncc(C#N)c3Nc3ccc4[nH]ccc4c3)c2)cc1. The number of benzene rings is 3. The maximum Gasteiger partial charge on any atom is 0.251 e. The van der Waals surface area contributed by atoms with Gasteiger partial charge < -0.3 is 15.6 Å². The molecule has 0 saturated carbocycles. The molecular formula is C31H27N5O. The minimum atomic E-state index is -0.0540. The molecule has 3 aromatic carbocycles. The molecule has 0 spiro atoms. The summed E-state index contributed by atoms with van der Waals surface area (Å²) in [5.41, 5.74) is 7.56. The van der Waals surface area contributed by atoms with E-state index in [9.17, 15) is 10.1 Å². The summed E-state index contributed by atoms with van der Waals surface area (Å²) in [4.78, 5) is 19.9. The normalized spacial score (nSPS) is 10.7. The van der Waals surface area contributed by atoms with E-state index in [1.165, 1.54) is 0 Å². The second-order valence-corrected chi connectivity index (χ2v) is 8.89. The van der Waals surface area contributed by atoms with Gasteiger partial charge in [-0.1, -0.05) is 43.7 Å². The van der Waals surface area contributed by atoms with Crippen molar-refractivity contribution < 1.29 is 4.79 Å². The molecule has 0 aliphatic carbocycles. The van der Waals surface area contributed by atoms with Gasteiger partial charge in [-0.25, -0.2) is 0 Å². The molecule has 3 N–H and O–H groups in total. The van der Waals surface area contributed by atoms with E-state index in [0.29, 0.717) is 23.4 Å². The average Bonchev–Trinajstić information content (AvgIpc) is 3.41. The minimum absolute atomic E-state index is 0.0540. The van der Waals surface area contributed by atoms with E-state index in [0.717, 1.165) is 51.7 Å². The number of carbonyl (C=O) groups excluding carboxylic acids is 1. The highest BCUT2D eigenvalue weighted by Gasteiger charge is 2.13. The van der Waals surface area contributed by atoms with Crippen molar-refractivity contribution in [3.63, 3.8) is 0 Å². The van der Waals surface area contributed by atoms with E-state index < -0.39 is 0 Å². The van der Waals surface area contributed by atoms with Crippen molar-refractivity contribution in [1.29, 1.82) is 5.26 Å². The Balaban J connectivity index is 1.45. The second kappa shape index (κ2) is 10.8. The van der Waals surface area contributed by atoms with E-state index in [1.54, 1.807) is 12.4 Å². The van der Waals surface area contributed by atoms with Crippen LogP contribution < -0.4 is 10.6 Å². The molecule has 0 aliphatic rings. The van der Waals surface area contributed by atoms with Crippen molar-refractivity contribution in [1.82, 2.24) is 15.3 Å². The minimum Gasteiger partial charge on any atom is -0.361 e. The molecule has 6 nitrogen and oxygen atoms in total. The fourth-order valence-electron chi connectivity index (χ4n) is 4.34. The van der Waals surface area contributed by atoms with Crippen LogP contribution in [0.2, 0.25) is 0 Å². The number of amides is 1. The highest BCUT2D eigenvalue weighted by atomic mass is 16.1. The first-order valence-electron chi connectivity index (χ1n) is 12.4. The summed E-state index contributed by atoms with van der Waals surface area (Å²) in [6.45, 7) is 2.79. The summed E-state index contributed by atoms with van der Waals surface area (Å²) < 4.78 is 0. The Morgan fingerprint density at radius 1 is 0.973 bits per heavy atom. The molecule has 0 bridgehead atoms. The van der Waals surface area contributed by atoms with Crippen LogP contribution >= 0.6 is 0 Å². The molecule has 2 heterocycles. The molecule has 37 heavy (non-hydrogen) atoms. The van der Waals surface area contributed by atoms with Gasteiger partial charge in [0.2, 0.25) is 0 Å². The van der Waals surface area contributed by atoms with Gasteiger partial charge >= 0.3 is 0 Å². The summed E-state index contributed by atoms with van der Waals surface area (Å²) >= 11 is 0. The van der Waals surface area contributed by atoms with Crippen LogP contribution in [0.4, 0.5) is 11.4 Å². The van der Waals surface area contributed by atoms with E-state index in [-0.39, 0.29) is 5.91 Å². The number of aromatic amines is 1. The summed E-state index contributed by atoms with van der Waals surface area (Å²) in [7, 11) is 0. The number of rotatable bonds is 8. The molecular weight excluding hydrogens is 458 g/mol. The first kappa shape index (κ1) is 23.8. The number of aromatic nitrogens is 2. The van der Waals surface area contributed by atoms with E-state index in [4.69, 9.17) is 0 Å². The number of nitrogens with one attached hydrogen (secondary N) is 3. The highest BCUT2D eigenvalue weighted by Crippen LogP contribution is 2.35. The standard InChI is InChI=1S/C31H27N5O/c1-2-3-14-35-31(37)22-9-7-21(8-10-22)23-5-4-6-24(16-23)28-20-33-19-26(18-32)30(28)36-27-11-12-29-25(17-27)13-15-34-29/h4-13,15-17,19-20,34H,2-3,14H2,1H3,(H,33,36)(H,35,37). The molecule has 2 aromatic heterocycles. The fraction of sp³-hybridized carbons (Fsp3) is 0.129. The molecule has 1 amide bonds. The number of nitriles is 1. The second-order valence-electron chi connectivity index (χ2n) is 8.89. The van der Waals surface area contributed by atoms with Gasteiger partial charge in [0, 0.05) is 52.9 Å². The first-order valence-corrected chi connectivity index (χ1v) is 12.4. The molecule has 0 saturated heterocycles. The highest BCUT2D eigenvalue weighted by molar-refractivity contribution is 5.95. The Morgan fingerprint density at radius 3 is 2.62 bits per heavy atom. The lowest BCUT2D eigenvalue weighted by Crippen LogP contribution is -2.24. The molecule has 0 aliphatic heterocycles. The zero-order valence-corrected chi connectivity index (χ0v) is 20.6. The topological polar surface area (TPSA) is 93.6 Å². The van der Waals surface area contributed by atoms with Gasteiger partial charge in [0.15, 0.2) is 0 Å². The van der Waals surface area contributed by atoms with Crippen molar-refractivity contribution in [3.8, 4) is 28.3 Å². The molecule has 5 aromatic rings. The molecule has 0 radical (unpaired) electrons. The Bertz CT molecular complexity index is 1590. The average molecular weight is 486 g/mol. The summed E-state index contributed by atoms with van der Waals surface area (Å²) in [5, 5.41) is 17.3. The van der Waals surface area contributed by atoms with Crippen LogP contribution in [0.25, 0.3) is 33.2 Å². The lowest BCUT2D eigenvalue weighted by molar-refractivity contribution is 0.0953. The van der Waals surface area contributed by atoms with Crippen LogP contribution in [0, 0.1) is 11.3 Å².